The van der Waals surface area contributed by atoms with Crippen molar-refractivity contribution in [3.63, 3.8) is 0 Å². The molecular weight excluding hydrogens is 319 g/mol. The Labute approximate surface area is 127 Å². The molecule has 0 atom stereocenters. The fourth-order valence-corrected chi connectivity index (χ4v) is 4.69. The third kappa shape index (κ3) is 2.43. The Morgan fingerprint density at radius 3 is 2.65 bits per heavy atom. The van der Waals surface area contributed by atoms with Crippen molar-refractivity contribution in [2.24, 2.45) is 0 Å². The van der Waals surface area contributed by atoms with Crippen LogP contribution in [0, 0.1) is 0 Å². The summed E-state index contributed by atoms with van der Waals surface area (Å²) >= 11 is 12.3. The van der Waals surface area contributed by atoms with Crippen LogP contribution < -0.4 is 0 Å². The topological polar surface area (TPSA) is 52.0 Å². The molecule has 1 saturated heterocycles. The number of nitrogens with zero attached hydrogens (tertiary/aromatic N) is 2. The van der Waals surface area contributed by atoms with Gasteiger partial charge in [-0.2, -0.15) is 0 Å². The van der Waals surface area contributed by atoms with E-state index in [9.17, 15) is 8.42 Å². The number of imidazole rings is 1. The van der Waals surface area contributed by atoms with E-state index in [0.717, 1.165) is 16.9 Å². The van der Waals surface area contributed by atoms with Gasteiger partial charge in [-0.25, -0.2) is 13.4 Å². The van der Waals surface area contributed by atoms with Gasteiger partial charge < -0.3 is 4.57 Å². The number of hydrogen-bond donors (Lipinski definition) is 0. The summed E-state index contributed by atoms with van der Waals surface area (Å²) < 4.78 is 25.2. The van der Waals surface area contributed by atoms with Crippen molar-refractivity contribution in [3.05, 3.63) is 29.0 Å². The summed E-state index contributed by atoms with van der Waals surface area (Å²) in [6.45, 7) is 0. The average Bonchev–Trinajstić information content (AvgIpc) is 2.79. The number of rotatable bonds is 2. The molecule has 0 amide bonds. The first-order valence-corrected chi connectivity index (χ1v) is 9.17. The van der Waals surface area contributed by atoms with E-state index in [1.807, 2.05) is 22.8 Å². The van der Waals surface area contributed by atoms with Gasteiger partial charge in [0.15, 0.2) is 0 Å². The Bertz CT molecular complexity index is 741. The number of fused-ring (bicyclic) bond motifs is 1. The summed E-state index contributed by atoms with van der Waals surface area (Å²) in [7, 11) is -2.89. The number of para-hydroxylation sites is 1. The Morgan fingerprint density at radius 1 is 1.30 bits per heavy atom. The Morgan fingerprint density at radius 2 is 2.00 bits per heavy atom. The van der Waals surface area contributed by atoms with Crippen molar-refractivity contribution in [1.82, 2.24) is 9.55 Å². The predicted molar refractivity (Wildman–Crippen MR) is 81.2 cm³/mol. The van der Waals surface area contributed by atoms with Gasteiger partial charge in [-0.05, 0) is 25.0 Å². The molecule has 1 fully saturated rings. The van der Waals surface area contributed by atoms with Crippen LogP contribution in [0.25, 0.3) is 11.0 Å². The normalized spacial score (nSPS) is 19.5. The van der Waals surface area contributed by atoms with Gasteiger partial charge >= 0.3 is 0 Å². The highest BCUT2D eigenvalue weighted by Crippen LogP contribution is 2.33. The minimum atomic E-state index is -2.89. The van der Waals surface area contributed by atoms with Crippen LogP contribution in [-0.4, -0.2) is 29.5 Å². The Kier molecular flexibility index (Phi) is 3.69. The van der Waals surface area contributed by atoms with Crippen molar-refractivity contribution >= 4 is 44.1 Å². The molecular formula is C13H14Cl2N2O2S. The average molecular weight is 333 g/mol. The number of aromatic nitrogens is 2. The summed E-state index contributed by atoms with van der Waals surface area (Å²) in [5, 5.41) is 0.625. The molecule has 0 bridgehead atoms. The Balaban J connectivity index is 2.10. The maximum Gasteiger partial charge on any atom is 0.150 e. The van der Waals surface area contributed by atoms with E-state index in [1.165, 1.54) is 0 Å². The summed E-state index contributed by atoms with van der Waals surface area (Å²) in [4.78, 5) is 4.50. The highest BCUT2D eigenvalue weighted by molar-refractivity contribution is 7.91. The standard InChI is InChI=1S/C13H14Cl2N2O2S/c14-8-12-16-11-3-1-2-10(15)13(11)17(12)9-4-6-20(18,19)7-5-9/h1-3,9H,4-8H2. The molecule has 0 spiro atoms. The third-order valence-corrected chi connectivity index (χ3v) is 6.00. The molecule has 1 aromatic heterocycles. The minimum absolute atomic E-state index is 0.0946. The van der Waals surface area contributed by atoms with E-state index in [-0.39, 0.29) is 23.4 Å². The molecule has 0 aliphatic carbocycles. The maximum absolute atomic E-state index is 11.6. The smallest absolute Gasteiger partial charge is 0.150 e. The highest BCUT2D eigenvalue weighted by Gasteiger charge is 2.28. The molecule has 7 heteroatoms. The predicted octanol–water partition coefficient (Wildman–Crippen LogP) is 3.18. The van der Waals surface area contributed by atoms with Crippen LogP contribution in [0.3, 0.4) is 0 Å². The molecule has 20 heavy (non-hydrogen) atoms. The second-order valence-corrected chi connectivity index (χ2v) is 8.00. The van der Waals surface area contributed by atoms with Crippen LogP contribution in [0.15, 0.2) is 18.2 Å². The first kappa shape index (κ1) is 14.2. The molecule has 108 valence electrons. The fraction of sp³-hybridized carbons (Fsp3) is 0.462. The zero-order valence-electron chi connectivity index (χ0n) is 10.7. The lowest BCUT2D eigenvalue weighted by Gasteiger charge is -2.25. The molecule has 0 radical (unpaired) electrons. The zero-order chi connectivity index (χ0) is 14.3. The monoisotopic (exact) mass is 332 g/mol. The van der Waals surface area contributed by atoms with Crippen molar-refractivity contribution in [2.75, 3.05) is 11.5 Å². The molecule has 4 nitrogen and oxygen atoms in total. The van der Waals surface area contributed by atoms with Crippen LogP contribution in [0.1, 0.15) is 24.7 Å². The summed E-state index contributed by atoms with van der Waals surface area (Å²) in [6, 6.07) is 5.66. The van der Waals surface area contributed by atoms with E-state index in [1.54, 1.807) is 0 Å². The molecule has 3 rings (SSSR count). The summed E-state index contributed by atoms with van der Waals surface area (Å²) in [5.74, 6) is 1.46. The molecule has 1 aromatic carbocycles. The minimum Gasteiger partial charge on any atom is -0.323 e. The van der Waals surface area contributed by atoms with E-state index >= 15 is 0 Å². The second kappa shape index (κ2) is 5.20. The zero-order valence-corrected chi connectivity index (χ0v) is 13.0. The van der Waals surface area contributed by atoms with Crippen LogP contribution in [0.5, 0.6) is 0 Å². The number of halogens is 2. The molecule has 2 heterocycles. The van der Waals surface area contributed by atoms with Gasteiger partial charge in [-0.3, -0.25) is 0 Å². The van der Waals surface area contributed by atoms with E-state index in [2.05, 4.69) is 4.98 Å². The molecule has 2 aromatic rings. The van der Waals surface area contributed by atoms with Gasteiger partial charge in [0.05, 0.1) is 33.4 Å². The van der Waals surface area contributed by atoms with Crippen LogP contribution >= 0.6 is 23.2 Å². The van der Waals surface area contributed by atoms with Crippen molar-refractivity contribution < 1.29 is 8.42 Å². The lowest BCUT2D eigenvalue weighted by molar-refractivity contribution is 0.450. The number of benzene rings is 1. The van der Waals surface area contributed by atoms with Crippen molar-refractivity contribution in [3.8, 4) is 0 Å². The van der Waals surface area contributed by atoms with Crippen LogP contribution in [0.2, 0.25) is 5.02 Å². The Hall–Kier alpha value is -0.780. The number of hydrogen-bond acceptors (Lipinski definition) is 3. The second-order valence-electron chi connectivity index (χ2n) is 5.02. The van der Waals surface area contributed by atoms with Crippen molar-refractivity contribution in [1.29, 1.82) is 0 Å². The lowest BCUT2D eigenvalue weighted by atomic mass is 10.1. The van der Waals surface area contributed by atoms with Gasteiger partial charge in [0.1, 0.15) is 15.7 Å². The summed E-state index contributed by atoms with van der Waals surface area (Å²) in [5.41, 5.74) is 1.66. The fourth-order valence-electron chi connectivity index (χ4n) is 2.78. The molecule has 1 aliphatic rings. The van der Waals surface area contributed by atoms with Gasteiger partial charge in [0.25, 0.3) is 0 Å². The van der Waals surface area contributed by atoms with Crippen LogP contribution in [0.4, 0.5) is 0 Å². The van der Waals surface area contributed by atoms with E-state index in [0.29, 0.717) is 17.9 Å². The SMILES string of the molecule is O=S1(=O)CCC(n2c(CCl)nc3cccc(Cl)c32)CC1. The molecule has 0 N–H and O–H groups in total. The number of alkyl halides is 1. The first-order chi connectivity index (χ1) is 9.52. The van der Waals surface area contributed by atoms with E-state index in [4.69, 9.17) is 23.2 Å². The van der Waals surface area contributed by atoms with Crippen LogP contribution in [-0.2, 0) is 15.7 Å². The summed E-state index contributed by atoms with van der Waals surface area (Å²) in [6.07, 6.45) is 1.17. The molecule has 0 saturated carbocycles. The van der Waals surface area contributed by atoms with Gasteiger partial charge in [-0.1, -0.05) is 17.7 Å². The molecule has 0 unspecified atom stereocenters. The van der Waals surface area contributed by atoms with Gasteiger partial charge in [0.2, 0.25) is 0 Å². The largest absolute Gasteiger partial charge is 0.323 e. The molecule has 1 aliphatic heterocycles. The van der Waals surface area contributed by atoms with E-state index < -0.39 is 9.84 Å². The quantitative estimate of drug-likeness (QED) is 0.793. The highest BCUT2D eigenvalue weighted by atomic mass is 35.5. The lowest BCUT2D eigenvalue weighted by Crippen LogP contribution is -2.26. The van der Waals surface area contributed by atoms with Gasteiger partial charge in [-0.15, -0.1) is 11.6 Å². The third-order valence-electron chi connectivity index (χ3n) is 3.74. The number of sulfone groups is 1. The van der Waals surface area contributed by atoms with Crippen molar-refractivity contribution in [2.45, 2.75) is 24.8 Å². The first-order valence-electron chi connectivity index (χ1n) is 6.43. The van der Waals surface area contributed by atoms with Gasteiger partial charge in [0, 0.05) is 6.04 Å². The maximum atomic E-state index is 11.6.